The number of benzene rings is 3. The molecular formula is C82H172N14O15. The standard InChI is InChI=1S/C35H56N6O7.2C8H10.3C5H12.2C2H6.4CH5N.8CH2O.4H3N/c1-22(2)20-28(32(45)36-23(3)33(46)41-18-14-11-15-19-41)39(8)34(47)29(21-27-16-12-10-13-17-27)40(9)35(48)30(25(5)42)37-31(44)24(4)38(7)26(6)43;2*1-2-8-6-4-3-5-7-8;3*1-4-5(2)3;14*1-2;;;;/h10,12-13,16-17,22-25,28-30,42H,11,14-15,18-21H2,1-9H3,(H,36,45)(H,37,44);2*3-7H,2H2,1H3;3*5H,4H2,1-3H3;2*1-2H3;4*2H2,1H3;8*1H2;4*1H3/t23-,24-,25+,28-,29-,30-;;;;;;;;;;;;;;;;;;;;;;;/m0......................./s1. The number of nitrogens with zero attached hydrogens (tertiary/aromatic N) is 4. The molecule has 3 aromatic carbocycles. The number of carbonyl (C=O) groups excluding carboxylic acids is 14. The van der Waals surface area contributed by atoms with E-state index in [1.165, 1.54) is 115 Å². The van der Waals surface area contributed by atoms with Crippen LogP contribution < -0.4 is 58.2 Å². The highest BCUT2D eigenvalue weighted by Crippen LogP contribution is 2.19. The van der Waals surface area contributed by atoms with Gasteiger partial charge in [-0.3, -0.25) is 28.8 Å². The molecule has 0 radical (unpaired) electrons. The van der Waals surface area contributed by atoms with E-state index in [9.17, 15) is 33.9 Å². The molecule has 1 saturated heterocycles. The predicted molar refractivity (Wildman–Crippen MR) is 469 cm³/mol. The predicted octanol–water partition coefficient (Wildman–Crippen LogP) is 11.4. The molecule has 111 heavy (non-hydrogen) atoms. The van der Waals surface area contributed by atoms with E-state index in [4.69, 9.17) is 38.4 Å². The van der Waals surface area contributed by atoms with Gasteiger partial charge in [0.15, 0.2) is 0 Å². The lowest BCUT2D eigenvalue weighted by Gasteiger charge is -2.37. The normalized spacial score (nSPS) is 10.5. The average molecular weight is 1590 g/mol. The molecule has 0 aliphatic carbocycles. The minimum atomic E-state index is -1.42. The largest absolute Gasteiger partial charge is 0.391 e. The van der Waals surface area contributed by atoms with Crippen molar-refractivity contribution in [1.82, 2.24) is 54.8 Å². The molecule has 6 atom stereocenters. The van der Waals surface area contributed by atoms with Crippen LogP contribution in [0.1, 0.15) is 207 Å². The van der Waals surface area contributed by atoms with E-state index in [0.29, 0.717) is 19.5 Å². The van der Waals surface area contributed by atoms with E-state index < -0.39 is 59.9 Å². The highest BCUT2D eigenvalue weighted by Gasteiger charge is 2.40. The fourth-order valence-corrected chi connectivity index (χ4v) is 7.17. The number of amides is 6. The summed E-state index contributed by atoms with van der Waals surface area (Å²) >= 11 is 0. The summed E-state index contributed by atoms with van der Waals surface area (Å²) in [7, 11) is 10.4. The molecule has 3 aromatic rings. The van der Waals surface area contributed by atoms with Crippen LogP contribution in [-0.4, -0.2) is 213 Å². The zero-order chi connectivity index (χ0) is 88.8. The van der Waals surface area contributed by atoms with Crippen LogP contribution in [-0.2, 0) is 86.4 Å². The highest BCUT2D eigenvalue weighted by molar-refractivity contribution is 5.96. The van der Waals surface area contributed by atoms with Crippen molar-refractivity contribution >= 4 is 89.8 Å². The maximum absolute atomic E-state index is 14.4. The molecule has 4 rings (SSSR count). The molecule has 1 aliphatic rings. The van der Waals surface area contributed by atoms with Crippen molar-refractivity contribution in [2.24, 2.45) is 46.6 Å². The third-order valence-corrected chi connectivity index (χ3v) is 14.0. The smallest absolute Gasteiger partial charge is 0.248 e. The number of rotatable bonds is 20. The van der Waals surface area contributed by atoms with Crippen molar-refractivity contribution in [2.45, 2.75) is 246 Å². The van der Waals surface area contributed by atoms with Crippen LogP contribution in [0.15, 0.2) is 91.0 Å². The van der Waals surface area contributed by atoms with Gasteiger partial charge in [0.25, 0.3) is 0 Å². The number of piperidine rings is 1. The third-order valence-electron chi connectivity index (χ3n) is 14.0. The number of nitrogens with two attached hydrogens (primary N) is 4. The fourth-order valence-electron chi connectivity index (χ4n) is 7.17. The first-order valence-corrected chi connectivity index (χ1v) is 36.2. The summed E-state index contributed by atoms with van der Waals surface area (Å²) in [5, 5.41) is 16.0. The Balaban J connectivity index is -0.0000000594. The van der Waals surface area contributed by atoms with E-state index in [-0.39, 0.29) is 48.8 Å². The zero-order valence-electron chi connectivity index (χ0n) is 75.2. The van der Waals surface area contributed by atoms with Crippen LogP contribution in [0.25, 0.3) is 0 Å². The summed E-state index contributed by atoms with van der Waals surface area (Å²) in [4.78, 5) is 149. The van der Waals surface area contributed by atoms with Crippen LogP contribution in [0.4, 0.5) is 0 Å². The Labute approximate surface area is 676 Å². The number of hydrogen-bond acceptors (Lipinski definition) is 23. The molecule has 0 aromatic heterocycles. The van der Waals surface area contributed by atoms with Crippen LogP contribution in [0, 0.1) is 23.7 Å². The fraction of sp³-hybridized carbons (Fsp3) is 0.610. The Bertz CT molecular complexity index is 2190. The summed E-state index contributed by atoms with van der Waals surface area (Å²) < 4.78 is 0. The first-order chi connectivity index (χ1) is 51.1. The van der Waals surface area contributed by atoms with Crippen molar-refractivity contribution in [2.75, 3.05) is 62.4 Å². The molecule has 23 N–H and O–H groups in total. The first kappa shape index (κ1) is 155. The minimum absolute atomic E-state index is 0. The number of carbonyl (C=O) groups is 14. The number of likely N-dealkylation sites (tertiary alicyclic amines) is 1. The Morgan fingerprint density at radius 3 is 0.919 bits per heavy atom. The first-order valence-electron chi connectivity index (χ1n) is 36.2. The molecular weight excluding hydrogens is 1420 g/mol. The summed E-state index contributed by atoms with van der Waals surface area (Å²) in [5.41, 5.74) is 21.6. The van der Waals surface area contributed by atoms with E-state index >= 15 is 0 Å². The van der Waals surface area contributed by atoms with Gasteiger partial charge >= 0.3 is 0 Å². The Morgan fingerprint density at radius 1 is 0.414 bits per heavy atom. The molecule has 29 nitrogen and oxygen atoms in total. The molecule has 0 spiro atoms. The Kier molecular flexibility index (Phi) is 179. The lowest BCUT2D eigenvalue weighted by molar-refractivity contribution is -0.151. The summed E-state index contributed by atoms with van der Waals surface area (Å²) in [6.45, 7) is 59.2. The quantitative estimate of drug-likeness (QED) is 0.0500. The molecule has 0 saturated carbocycles. The van der Waals surface area contributed by atoms with Crippen LogP contribution in [0.5, 0.6) is 0 Å². The maximum Gasteiger partial charge on any atom is 0.248 e. The van der Waals surface area contributed by atoms with Gasteiger partial charge in [0.2, 0.25) is 35.4 Å². The summed E-state index contributed by atoms with van der Waals surface area (Å²) in [6.07, 6.45) is 8.17. The van der Waals surface area contributed by atoms with Crippen LogP contribution >= 0.6 is 0 Å². The van der Waals surface area contributed by atoms with Crippen molar-refractivity contribution in [1.29, 1.82) is 0 Å². The number of likely N-dealkylation sites (N-methyl/N-ethyl adjacent to an activating group) is 3. The molecule has 6 amide bonds. The highest BCUT2D eigenvalue weighted by atomic mass is 16.3. The number of aryl methyl sites for hydroxylation is 2. The molecule has 660 valence electrons. The number of nitrogens with one attached hydrogen (secondary N) is 2. The monoisotopic (exact) mass is 1590 g/mol. The summed E-state index contributed by atoms with van der Waals surface area (Å²) in [6, 6.07) is 24.8. The van der Waals surface area contributed by atoms with Gasteiger partial charge in [0, 0.05) is 47.6 Å². The van der Waals surface area contributed by atoms with Gasteiger partial charge in [-0.25, -0.2) is 0 Å². The Morgan fingerprint density at radius 2 is 0.685 bits per heavy atom. The summed E-state index contributed by atoms with van der Waals surface area (Å²) in [5.74, 6) is -0.205. The second-order valence-corrected chi connectivity index (χ2v) is 22.5. The topological polar surface area (TPSA) is 540 Å². The zero-order valence-corrected chi connectivity index (χ0v) is 75.2. The van der Waals surface area contributed by atoms with Gasteiger partial charge in [-0.1, -0.05) is 228 Å². The van der Waals surface area contributed by atoms with Gasteiger partial charge in [-0.2, -0.15) is 0 Å². The van der Waals surface area contributed by atoms with Crippen molar-refractivity contribution in [3.63, 3.8) is 0 Å². The van der Waals surface area contributed by atoms with E-state index in [0.717, 1.165) is 55.4 Å². The molecule has 0 unspecified atom stereocenters. The average Bonchev–Trinajstić information content (AvgIpc) is 0.810. The molecule has 0 bridgehead atoms. The van der Waals surface area contributed by atoms with Crippen LogP contribution in [0.2, 0.25) is 0 Å². The van der Waals surface area contributed by atoms with E-state index in [2.05, 4.69) is 158 Å². The number of aliphatic hydroxyl groups is 1. The minimum Gasteiger partial charge on any atom is -0.391 e. The van der Waals surface area contributed by atoms with Gasteiger partial charge in [0.05, 0.1) is 6.10 Å². The lowest BCUT2D eigenvalue weighted by Crippen LogP contribution is -2.61. The molecule has 1 aliphatic heterocycles. The van der Waals surface area contributed by atoms with Gasteiger partial charge in [0.1, 0.15) is 84.5 Å². The third kappa shape index (κ3) is 97.5. The van der Waals surface area contributed by atoms with Crippen molar-refractivity contribution in [3.05, 3.63) is 108 Å². The van der Waals surface area contributed by atoms with Gasteiger partial charge in [-0.05, 0) is 128 Å². The van der Waals surface area contributed by atoms with Crippen molar-refractivity contribution in [3.8, 4) is 0 Å². The van der Waals surface area contributed by atoms with E-state index in [1.54, 1.807) is 11.8 Å². The number of aliphatic hydroxyl groups excluding tert-OH is 1. The maximum atomic E-state index is 14.4. The lowest BCUT2D eigenvalue weighted by atomic mass is 9.98. The second kappa shape index (κ2) is 128. The Hall–Kier alpha value is -8.52. The SMILES string of the molecule is C=O.C=O.C=O.C=O.C=O.C=O.C=O.C=O.CC.CC.CC(=O)N(C)[C@@H](C)C(=O)N[C@H](C(=O)N(C)[C@@H](Cc1ccccc1)C(=O)N(C)[C@@H](CC(C)C)C(=O)N[C@@H](C)C(=O)N1CCCCC1)[C@@H](C)O.CCC(C)C.CCC(C)C.CCC(C)C.CCc1ccccc1.CCc1ccccc1.CN.CN.CN.CN.N.N.N.N. The molecule has 1 fully saturated rings. The number of hydrogen-bond donors (Lipinski definition) is 11. The van der Waals surface area contributed by atoms with Gasteiger partial charge < -0.3 is 121 Å². The molecule has 1 heterocycles. The second-order valence-electron chi connectivity index (χ2n) is 22.5. The van der Waals surface area contributed by atoms with Crippen LogP contribution in [0.3, 0.4) is 0 Å². The molecule has 29 heteroatoms. The van der Waals surface area contributed by atoms with Crippen molar-refractivity contribution < 1.29 is 72.2 Å². The van der Waals surface area contributed by atoms with E-state index in [1.807, 2.05) is 138 Å². The van der Waals surface area contributed by atoms with Gasteiger partial charge in [-0.15, -0.1) is 0 Å².